The SMILES string of the molecule is Cc1cccc(OCc2cnc(-c3ccc(C(F)(F)F)cc3)nc2C2CC2)c1C. The quantitative estimate of drug-likeness (QED) is 0.511. The number of alkyl halides is 3. The first-order valence-corrected chi connectivity index (χ1v) is 9.55. The molecule has 0 bridgehead atoms. The molecule has 0 aliphatic heterocycles. The first kappa shape index (κ1) is 19.4. The molecule has 1 aromatic heterocycles. The maximum absolute atomic E-state index is 12.8. The van der Waals surface area contributed by atoms with Gasteiger partial charge in [0.2, 0.25) is 0 Å². The molecule has 1 aliphatic carbocycles. The third-order valence-electron chi connectivity index (χ3n) is 5.27. The van der Waals surface area contributed by atoms with Crippen LogP contribution in [-0.2, 0) is 12.8 Å². The Kier molecular flexibility index (Phi) is 5.03. The topological polar surface area (TPSA) is 35.0 Å². The maximum Gasteiger partial charge on any atom is 0.416 e. The second-order valence-corrected chi connectivity index (χ2v) is 7.44. The summed E-state index contributed by atoms with van der Waals surface area (Å²) in [7, 11) is 0. The third kappa shape index (κ3) is 4.26. The molecule has 1 aliphatic rings. The van der Waals surface area contributed by atoms with Crippen molar-refractivity contribution in [2.45, 2.75) is 45.4 Å². The fraction of sp³-hybridized carbons (Fsp3) is 0.304. The highest BCUT2D eigenvalue weighted by atomic mass is 19.4. The minimum Gasteiger partial charge on any atom is -0.488 e. The highest BCUT2D eigenvalue weighted by Gasteiger charge is 2.31. The summed E-state index contributed by atoms with van der Waals surface area (Å²) in [5, 5.41) is 0. The van der Waals surface area contributed by atoms with Crippen molar-refractivity contribution in [1.82, 2.24) is 9.97 Å². The van der Waals surface area contributed by atoms with E-state index in [0.29, 0.717) is 23.9 Å². The van der Waals surface area contributed by atoms with E-state index in [1.165, 1.54) is 17.7 Å². The molecular weight excluding hydrogens is 377 g/mol. The summed E-state index contributed by atoms with van der Waals surface area (Å²) in [4.78, 5) is 9.07. The molecule has 1 fully saturated rings. The minimum atomic E-state index is -4.35. The van der Waals surface area contributed by atoms with Crippen molar-refractivity contribution < 1.29 is 17.9 Å². The smallest absolute Gasteiger partial charge is 0.416 e. The van der Waals surface area contributed by atoms with E-state index < -0.39 is 11.7 Å². The van der Waals surface area contributed by atoms with Crippen molar-refractivity contribution in [3.63, 3.8) is 0 Å². The fourth-order valence-electron chi connectivity index (χ4n) is 3.22. The Morgan fingerprint density at radius 1 is 1.03 bits per heavy atom. The number of benzene rings is 2. The molecule has 3 aromatic rings. The Morgan fingerprint density at radius 3 is 2.41 bits per heavy atom. The lowest BCUT2D eigenvalue weighted by Gasteiger charge is -2.14. The van der Waals surface area contributed by atoms with Gasteiger partial charge in [-0.15, -0.1) is 0 Å². The Bertz CT molecular complexity index is 1030. The standard InChI is InChI=1S/C23H21F3N2O/c1-14-4-3-5-20(15(14)2)29-13-18-12-27-22(28-21(18)16-6-7-16)17-8-10-19(11-9-17)23(24,25)26/h3-5,8-12,16H,6-7,13H2,1-2H3. The van der Waals surface area contributed by atoms with Crippen LogP contribution in [0.25, 0.3) is 11.4 Å². The van der Waals surface area contributed by atoms with Gasteiger partial charge in [0.1, 0.15) is 12.4 Å². The van der Waals surface area contributed by atoms with Gasteiger partial charge >= 0.3 is 6.18 Å². The van der Waals surface area contributed by atoms with Gasteiger partial charge in [0.25, 0.3) is 0 Å². The Morgan fingerprint density at radius 2 is 1.76 bits per heavy atom. The van der Waals surface area contributed by atoms with Crippen LogP contribution in [0.2, 0.25) is 0 Å². The molecule has 0 amide bonds. The van der Waals surface area contributed by atoms with Gasteiger partial charge in [-0.25, -0.2) is 9.97 Å². The summed E-state index contributed by atoms with van der Waals surface area (Å²) in [6.07, 6.45) is -0.508. The molecule has 150 valence electrons. The zero-order chi connectivity index (χ0) is 20.6. The number of aryl methyl sites for hydroxylation is 1. The van der Waals surface area contributed by atoms with E-state index in [9.17, 15) is 13.2 Å². The second kappa shape index (κ2) is 7.50. The number of nitrogens with zero attached hydrogens (tertiary/aromatic N) is 2. The molecule has 0 saturated heterocycles. The van der Waals surface area contributed by atoms with Crippen LogP contribution in [0.4, 0.5) is 13.2 Å². The summed E-state index contributed by atoms with van der Waals surface area (Å²) in [5.41, 5.74) is 4.01. The lowest BCUT2D eigenvalue weighted by atomic mass is 10.1. The van der Waals surface area contributed by atoms with Crippen molar-refractivity contribution in [3.05, 3.63) is 76.6 Å². The molecule has 0 unspecified atom stereocenters. The molecule has 0 N–H and O–H groups in total. The molecule has 4 rings (SSSR count). The van der Waals surface area contributed by atoms with Crippen molar-refractivity contribution in [2.24, 2.45) is 0 Å². The zero-order valence-corrected chi connectivity index (χ0v) is 16.3. The van der Waals surface area contributed by atoms with Crippen LogP contribution < -0.4 is 4.74 Å². The summed E-state index contributed by atoms with van der Waals surface area (Å²) < 4.78 is 44.4. The predicted molar refractivity (Wildman–Crippen MR) is 105 cm³/mol. The van der Waals surface area contributed by atoms with Crippen molar-refractivity contribution >= 4 is 0 Å². The van der Waals surface area contributed by atoms with Crippen molar-refractivity contribution in [2.75, 3.05) is 0 Å². The number of hydrogen-bond acceptors (Lipinski definition) is 3. The summed E-state index contributed by atoms with van der Waals surface area (Å²) in [6, 6.07) is 10.9. The van der Waals surface area contributed by atoms with Gasteiger partial charge in [0.15, 0.2) is 5.82 Å². The van der Waals surface area contributed by atoms with Crippen LogP contribution in [0.1, 0.15) is 46.7 Å². The Hall–Kier alpha value is -2.89. The van der Waals surface area contributed by atoms with Crippen molar-refractivity contribution in [3.8, 4) is 17.1 Å². The van der Waals surface area contributed by atoms with Gasteiger partial charge in [0.05, 0.1) is 11.3 Å². The van der Waals surface area contributed by atoms with E-state index in [4.69, 9.17) is 4.74 Å². The van der Waals surface area contributed by atoms with Gasteiger partial charge in [-0.2, -0.15) is 13.2 Å². The molecule has 0 radical (unpaired) electrons. The van der Waals surface area contributed by atoms with Gasteiger partial charge in [-0.3, -0.25) is 0 Å². The molecule has 2 aromatic carbocycles. The first-order chi connectivity index (χ1) is 13.8. The first-order valence-electron chi connectivity index (χ1n) is 9.55. The number of rotatable bonds is 5. The number of aromatic nitrogens is 2. The number of hydrogen-bond donors (Lipinski definition) is 0. The molecule has 6 heteroatoms. The van der Waals surface area contributed by atoms with E-state index in [1.807, 2.05) is 32.0 Å². The normalized spacial score (nSPS) is 14.1. The number of ether oxygens (including phenoxy) is 1. The van der Waals surface area contributed by atoms with Gasteiger partial charge in [0, 0.05) is 23.2 Å². The zero-order valence-electron chi connectivity index (χ0n) is 16.3. The van der Waals surface area contributed by atoms with Crippen LogP contribution >= 0.6 is 0 Å². The molecular formula is C23H21F3N2O. The maximum atomic E-state index is 12.8. The van der Waals surface area contributed by atoms with Gasteiger partial charge in [-0.1, -0.05) is 24.3 Å². The van der Waals surface area contributed by atoms with Crippen LogP contribution in [0, 0.1) is 13.8 Å². The average molecular weight is 398 g/mol. The molecule has 0 atom stereocenters. The molecule has 29 heavy (non-hydrogen) atoms. The lowest BCUT2D eigenvalue weighted by molar-refractivity contribution is -0.137. The minimum absolute atomic E-state index is 0.364. The second-order valence-electron chi connectivity index (χ2n) is 7.44. The molecule has 1 saturated carbocycles. The lowest BCUT2D eigenvalue weighted by Crippen LogP contribution is -2.06. The van der Waals surface area contributed by atoms with E-state index in [-0.39, 0.29) is 0 Å². The third-order valence-corrected chi connectivity index (χ3v) is 5.27. The van der Waals surface area contributed by atoms with E-state index in [1.54, 1.807) is 6.20 Å². The predicted octanol–water partition coefficient (Wildman–Crippen LogP) is 6.24. The molecule has 3 nitrogen and oxygen atoms in total. The highest BCUT2D eigenvalue weighted by molar-refractivity contribution is 5.56. The summed E-state index contributed by atoms with van der Waals surface area (Å²) in [5.74, 6) is 1.64. The van der Waals surface area contributed by atoms with Gasteiger partial charge < -0.3 is 4.74 Å². The fourth-order valence-corrected chi connectivity index (χ4v) is 3.22. The highest BCUT2D eigenvalue weighted by Crippen LogP contribution is 2.41. The van der Waals surface area contributed by atoms with Crippen LogP contribution in [0.5, 0.6) is 5.75 Å². The Labute approximate surface area is 167 Å². The summed E-state index contributed by atoms with van der Waals surface area (Å²) in [6.45, 7) is 4.43. The van der Waals surface area contributed by atoms with Gasteiger partial charge in [-0.05, 0) is 56.0 Å². The monoisotopic (exact) mass is 398 g/mol. The van der Waals surface area contributed by atoms with Crippen LogP contribution in [-0.4, -0.2) is 9.97 Å². The number of halogens is 3. The summed E-state index contributed by atoms with van der Waals surface area (Å²) >= 11 is 0. The Balaban J connectivity index is 1.58. The van der Waals surface area contributed by atoms with E-state index in [0.717, 1.165) is 47.5 Å². The molecule has 0 spiro atoms. The van der Waals surface area contributed by atoms with E-state index in [2.05, 4.69) is 9.97 Å². The van der Waals surface area contributed by atoms with Crippen molar-refractivity contribution in [1.29, 1.82) is 0 Å². The van der Waals surface area contributed by atoms with Crippen LogP contribution in [0.15, 0.2) is 48.7 Å². The van der Waals surface area contributed by atoms with E-state index >= 15 is 0 Å². The largest absolute Gasteiger partial charge is 0.488 e. The van der Waals surface area contributed by atoms with Crippen LogP contribution in [0.3, 0.4) is 0 Å². The molecule has 1 heterocycles. The average Bonchev–Trinajstić information content (AvgIpc) is 3.54.